The first-order valence-corrected chi connectivity index (χ1v) is 10.9. The molecule has 0 radical (unpaired) electrons. The summed E-state index contributed by atoms with van der Waals surface area (Å²) in [6.45, 7) is -0.0986. The minimum absolute atomic E-state index is 0.00686. The lowest BCUT2D eigenvalue weighted by atomic mass is 10.2. The Hall–Kier alpha value is -3.24. The Morgan fingerprint density at radius 3 is 2.09 bits per heavy atom. The molecule has 0 N–H and O–H groups in total. The van der Waals surface area contributed by atoms with Gasteiger partial charge in [-0.3, -0.25) is 4.90 Å². The number of anilines is 2. The molecule has 2 amide bonds. The zero-order chi connectivity index (χ0) is 23.1. The van der Waals surface area contributed by atoms with Gasteiger partial charge in [-0.1, -0.05) is 48.0 Å². The summed E-state index contributed by atoms with van der Waals surface area (Å²) in [6, 6.07) is 16.1. The molecule has 0 fully saturated rings. The molecule has 166 valence electrons. The zero-order valence-corrected chi connectivity index (χ0v) is 17.7. The van der Waals surface area contributed by atoms with E-state index in [1.54, 1.807) is 18.2 Å². The number of halogens is 4. The molecule has 0 atom stereocenters. The zero-order valence-electron chi connectivity index (χ0n) is 16.1. The van der Waals surface area contributed by atoms with E-state index in [2.05, 4.69) is 4.74 Å². The van der Waals surface area contributed by atoms with Gasteiger partial charge in [-0.25, -0.2) is 13.2 Å². The Bertz CT molecular complexity index is 1280. The van der Waals surface area contributed by atoms with Crippen LogP contribution in [0.15, 0.2) is 77.7 Å². The number of nitrogens with zero attached hydrogens (tertiary/aromatic N) is 2. The van der Waals surface area contributed by atoms with Gasteiger partial charge in [0.25, 0.3) is 10.0 Å². The quantitative estimate of drug-likeness (QED) is 0.487. The second-order valence-electron chi connectivity index (χ2n) is 6.75. The fourth-order valence-corrected chi connectivity index (χ4v) is 5.18. The van der Waals surface area contributed by atoms with Gasteiger partial charge in [0, 0.05) is 0 Å². The van der Waals surface area contributed by atoms with Crippen molar-refractivity contribution in [3.63, 3.8) is 0 Å². The molecule has 1 aliphatic heterocycles. The van der Waals surface area contributed by atoms with Crippen LogP contribution < -0.4 is 13.9 Å². The molecule has 3 aromatic rings. The summed E-state index contributed by atoms with van der Waals surface area (Å²) in [4.78, 5) is 14.5. The SMILES string of the molecule is O=C1N(Cc2ccc(OC(F)(F)F)cc2)c2ccccc2S(=O)(=O)N1c1ccccc1Cl. The van der Waals surface area contributed by atoms with E-state index in [-0.39, 0.29) is 27.8 Å². The molecule has 3 aromatic carbocycles. The van der Waals surface area contributed by atoms with Crippen LogP contribution in [0.5, 0.6) is 5.75 Å². The first kappa shape index (κ1) is 22.0. The highest BCUT2D eigenvalue weighted by Crippen LogP contribution is 2.40. The van der Waals surface area contributed by atoms with Crippen LogP contribution in [-0.2, 0) is 16.6 Å². The summed E-state index contributed by atoms with van der Waals surface area (Å²) >= 11 is 6.17. The summed E-state index contributed by atoms with van der Waals surface area (Å²) in [7, 11) is -4.25. The minimum Gasteiger partial charge on any atom is -0.406 e. The van der Waals surface area contributed by atoms with Crippen molar-refractivity contribution in [2.75, 3.05) is 9.21 Å². The van der Waals surface area contributed by atoms with Crippen molar-refractivity contribution in [3.8, 4) is 5.75 Å². The predicted molar refractivity (Wildman–Crippen MR) is 112 cm³/mol. The van der Waals surface area contributed by atoms with Crippen molar-refractivity contribution < 1.29 is 31.1 Å². The second kappa shape index (κ2) is 8.03. The number of hydrogen-bond donors (Lipinski definition) is 0. The Labute approximate surface area is 186 Å². The number of alkyl halides is 3. The maximum absolute atomic E-state index is 13.4. The maximum Gasteiger partial charge on any atom is 0.573 e. The van der Waals surface area contributed by atoms with Gasteiger partial charge in [0.2, 0.25) is 0 Å². The molecule has 32 heavy (non-hydrogen) atoms. The van der Waals surface area contributed by atoms with Crippen molar-refractivity contribution in [2.45, 2.75) is 17.8 Å². The molecule has 11 heteroatoms. The molecule has 0 aromatic heterocycles. The number of ether oxygens (including phenoxy) is 1. The van der Waals surface area contributed by atoms with Crippen LogP contribution in [0.1, 0.15) is 5.56 Å². The largest absolute Gasteiger partial charge is 0.573 e. The number of para-hydroxylation sites is 2. The summed E-state index contributed by atoms with van der Waals surface area (Å²) in [5, 5.41) is 0.0670. The van der Waals surface area contributed by atoms with Crippen molar-refractivity contribution in [1.29, 1.82) is 0 Å². The third-order valence-corrected chi connectivity index (χ3v) is 6.70. The lowest BCUT2D eigenvalue weighted by molar-refractivity contribution is -0.274. The van der Waals surface area contributed by atoms with Gasteiger partial charge >= 0.3 is 12.4 Å². The summed E-state index contributed by atoms with van der Waals surface area (Å²) in [5.74, 6) is -0.410. The van der Waals surface area contributed by atoms with Crippen LogP contribution in [0.4, 0.5) is 29.3 Å². The first-order valence-electron chi connectivity index (χ1n) is 9.13. The maximum atomic E-state index is 13.4. The highest BCUT2D eigenvalue weighted by Gasteiger charge is 2.43. The summed E-state index contributed by atoms with van der Waals surface area (Å²) in [6.07, 6.45) is -4.83. The molecule has 0 saturated carbocycles. The van der Waals surface area contributed by atoms with Gasteiger partial charge < -0.3 is 4.74 Å². The number of amides is 2. The Morgan fingerprint density at radius 2 is 1.47 bits per heavy atom. The van der Waals surface area contributed by atoms with E-state index in [1.807, 2.05) is 0 Å². The number of carbonyl (C=O) groups is 1. The third kappa shape index (κ3) is 4.11. The molecule has 0 saturated heterocycles. The minimum atomic E-state index is -4.83. The first-order chi connectivity index (χ1) is 15.1. The fraction of sp³-hybridized carbons (Fsp3) is 0.0952. The number of rotatable bonds is 4. The number of urea groups is 1. The van der Waals surface area contributed by atoms with E-state index in [0.29, 0.717) is 9.87 Å². The van der Waals surface area contributed by atoms with Gasteiger partial charge in [-0.2, -0.15) is 4.31 Å². The topological polar surface area (TPSA) is 66.9 Å². The fourth-order valence-electron chi connectivity index (χ4n) is 3.29. The van der Waals surface area contributed by atoms with E-state index in [0.717, 1.165) is 12.1 Å². The number of carbonyl (C=O) groups excluding carboxylic acids is 1. The molecule has 6 nitrogen and oxygen atoms in total. The van der Waals surface area contributed by atoms with Crippen molar-refractivity contribution in [2.24, 2.45) is 0 Å². The van der Waals surface area contributed by atoms with E-state index in [9.17, 15) is 26.4 Å². The van der Waals surface area contributed by atoms with Gasteiger partial charge in [0.1, 0.15) is 10.6 Å². The molecule has 0 spiro atoms. The van der Waals surface area contributed by atoms with Crippen molar-refractivity contribution >= 4 is 39.0 Å². The van der Waals surface area contributed by atoms with E-state index < -0.39 is 28.2 Å². The summed E-state index contributed by atoms with van der Waals surface area (Å²) in [5.41, 5.74) is 0.602. The molecule has 1 heterocycles. The van der Waals surface area contributed by atoms with Crippen LogP contribution in [0.2, 0.25) is 5.02 Å². The van der Waals surface area contributed by atoms with E-state index in [4.69, 9.17) is 11.6 Å². The molecular weight excluding hydrogens is 469 g/mol. The Balaban J connectivity index is 1.75. The number of benzene rings is 3. The van der Waals surface area contributed by atoms with Crippen LogP contribution in [0, 0.1) is 0 Å². The summed E-state index contributed by atoms with van der Waals surface area (Å²) < 4.78 is 68.1. The number of fused-ring (bicyclic) bond motifs is 1. The van der Waals surface area contributed by atoms with Crippen LogP contribution in [0.3, 0.4) is 0 Å². The lowest BCUT2D eigenvalue weighted by Crippen LogP contribution is -2.50. The number of hydrogen-bond acceptors (Lipinski definition) is 4. The highest BCUT2D eigenvalue weighted by molar-refractivity contribution is 7.94. The van der Waals surface area contributed by atoms with Crippen molar-refractivity contribution in [1.82, 2.24) is 0 Å². The van der Waals surface area contributed by atoms with E-state index >= 15 is 0 Å². The predicted octanol–water partition coefficient (Wildman–Crippen LogP) is 5.57. The van der Waals surface area contributed by atoms with Crippen LogP contribution in [-0.4, -0.2) is 20.8 Å². The van der Waals surface area contributed by atoms with Gasteiger partial charge in [0.05, 0.1) is 22.9 Å². The third-order valence-electron chi connectivity index (χ3n) is 4.65. The molecule has 0 aliphatic carbocycles. The second-order valence-corrected chi connectivity index (χ2v) is 8.91. The Kier molecular flexibility index (Phi) is 5.51. The molecule has 1 aliphatic rings. The van der Waals surface area contributed by atoms with Gasteiger partial charge in [-0.05, 0) is 42.0 Å². The smallest absolute Gasteiger partial charge is 0.406 e. The van der Waals surface area contributed by atoms with Crippen molar-refractivity contribution in [3.05, 3.63) is 83.4 Å². The van der Waals surface area contributed by atoms with E-state index in [1.165, 1.54) is 47.4 Å². The highest BCUT2D eigenvalue weighted by atomic mass is 35.5. The molecular formula is C21H14ClF3N2O4S. The van der Waals surface area contributed by atoms with Crippen LogP contribution in [0.25, 0.3) is 0 Å². The van der Waals surface area contributed by atoms with Gasteiger partial charge in [-0.15, -0.1) is 13.2 Å². The normalized spacial score (nSPS) is 15.4. The standard InChI is InChI=1S/C21H14ClF3N2O4S/c22-16-5-1-2-6-17(16)27-20(28)26(18-7-3-4-8-19(18)32(27,29)30)13-14-9-11-15(12-10-14)31-21(23,24)25/h1-12H,13H2. The average Bonchev–Trinajstić information content (AvgIpc) is 2.73. The number of sulfonamides is 1. The van der Waals surface area contributed by atoms with Gasteiger partial charge in [0.15, 0.2) is 0 Å². The average molecular weight is 483 g/mol. The molecule has 0 unspecified atom stereocenters. The van der Waals surface area contributed by atoms with Crippen LogP contribution >= 0.6 is 11.6 Å². The lowest BCUT2D eigenvalue weighted by Gasteiger charge is -2.36. The molecule has 0 bridgehead atoms. The Morgan fingerprint density at radius 1 is 0.875 bits per heavy atom. The monoisotopic (exact) mass is 482 g/mol. The molecule has 4 rings (SSSR count).